The van der Waals surface area contributed by atoms with Crippen molar-refractivity contribution in [2.45, 2.75) is 51.5 Å². The maximum absolute atomic E-state index is 12.0. The first-order chi connectivity index (χ1) is 11.0. The Hall–Kier alpha value is -1.88. The second-order valence-electron chi connectivity index (χ2n) is 6.54. The SMILES string of the molecule is CC(C)c1ccc(NC(=O)C(=O)NC2CCCCC2CO)cc1. The van der Waals surface area contributed by atoms with Gasteiger partial charge in [0.15, 0.2) is 0 Å². The molecule has 1 aromatic carbocycles. The molecule has 126 valence electrons. The van der Waals surface area contributed by atoms with E-state index in [1.807, 2.05) is 12.1 Å². The summed E-state index contributed by atoms with van der Waals surface area (Å²) in [5.41, 5.74) is 1.79. The largest absolute Gasteiger partial charge is 0.396 e. The Morgan fingerprint density at radius 2 is 1.78 bits per heavy atom. The Morgan fingerprint density at radius 1 is 1.13 bits per heavy atom. The van der Waals surface area contributed by atoms with Crippen molar-refractivity contribution in [1.82, 2.24) is 5.32 Å². The average Bonchev–Trinajstić information content (AvgIpc) is 2.55. The number of aliphatic hydroxyl groups excluding tert-OH is 1. The Bertz CT molecular complexity index is 540. The summed E-state index contributed by atoms with van der Waals surface area (Å²) in [4.78, 5) is 24.1. The van der Waals surface area contributed by atoms with Gasteiger partial charge in [0.1, 0.15) is 0 Å². The number of aliphatic hydroxyl groups is 1. The predicted octanol–water partition coefficient (Wildman–Crippen LogP) is 2.42. The Balaban J connectivity index is 1.90. The van der Waals surface area contributed by atoms with Gasteiger partial charge in [-0.05, 0) is 36.5 Å². The van der Waals surface area contributed by atoms with E-state index in [0.29, 0.717) is 11.6 Å². The Morgan fingerprint density at radius 3 is 2.39 bits per heavy atom. The molecular formula is C18H26N2O3. The van der Waals surface area contributed by atoms with E-state index in [4.69, 9.17) is 0 Å². The third-order valence-corrected chi connectivity index (χ3v) is 4.50. The van der Waals surface area contributed by atoms with Crippen molar-refractivity contribution in [2.24, 2.45) is 5.92 Å². The van der Waals surface area contributed by atoms with Gasteiger partial charge >= 0.3 is 11.8 Å². The molecule has 2 unspecified atom stereocenters. The molecule has 5 nitrogen and oxygen atoms in total. The molecule has 1 aliphatic carbocycles. The monoisotopic (exact) mass is 318 g/mol. The van der Waals surface area contributed by atoms with E-state index in [-0.39, 0.29) is 18.6 Å². The fraction of sp³-hybridized carbons (Fsp3) is 0.556. The number of carbonyl (C=O) groups is 2. The van der Waals surface area contributed by atoms with Gasteiger partial charge in [0, 0.05) is 24.3 Å². The molecule has 0 saturated heterocycles. The number of hydrogen-bond donors (Lipinski definition) is 3. The van der Waals surface area contributed by atoms with Gasteiger partial charge in [-0.3, -0.25) is 9.59 Å². The van der Waals surface area contributed by atoms with E-state index in [2.05, 4.69) is 24.5 Å². The van der Waals surface area contributed by atoms with Crippen molar-refractivity contribution in [2.75, 3.05) is 11.9 Å². The van der Waals surface area contributed by atoms with Crippen LogP contribution < -0.4 is 10.6 Å². The molecule has 2 rings (SSSR count). The van der Waals surface area contributed by atoms with Crippen molar-refractivity contribution in [3.63, 3.8) is 0 Å². The van der Waals surface area contributed by atoms with Gasteiger partial charge in [-0.25, -0.2) is 0 Å². The van der Waals surface area contributed by atoms with Crippen LogP contribution in [-0.4, -0.2) is 29.6 Å². The van der Waals surface area contributed by atoms with Crippen molar-refractivity contribution in [1.29, 1.82) is 0 Å². The minimum Gasteiger partial charge on any atom is -0.396 e. The van der Waals surface area contributed by atoms with E-state index < -0.39 is 11.8 Å². The van der Waals surface area contributed by atoms with E-state index >= 15 is 0 Å². The smallest absolute Gasteiger partial charge is 0.313 e. The Kier molecular flexibility index (Phi) is 6.16. The van der Waals surface area contributed by atoms with Gasteiger partial charge in [0.05, 0.1) is 0 Å². The van der Waals surface area contributed by atoms with Crippen LogP contribution in [0.2, 0.25) is 0 Å². The quantitative estimate of drug-likeness (QED) is 0.746. The molecule has 1 saturated carbocycles. The normalized spacial score (nSPS) is 21.0. The first kappa shape index (κ1) is 17.5. The van der Waals surface area contributed by atoms with Crippen LogP contribution in [0.5, 0.6) is 0 Å². The van der Waals surface area contributed by atoms with Gasteiger partial charge in [-0.1, -0.05) is 38.8 Å². The zero-order valence-corrected chi connectivity index (χ0v) is 13.8. The third-order valence-electron chi connectivity index (χ3n) is 4.50. The summed E-state index contributed by atoms with van der Waals surface area (Å²) in [6.07, 6.45) is 3.78. The highest BCUT2D eigenvalue weighted by Gasteiger charge is 2.27. The number of hydrogen-bond acceptors (Lipinski definition) is 3. The number of nitrogens with one attached hydrogen (secondary N) is 2. The lowest BCUT2D eigenvalue weighted by atomic mass is 9.85. The maximum Gasteiger partial charge on any atom is 0.313 e. The van der Waals surface area contributed by atoms with Crippen LogP contribution in [-0.2, 0) is 9.59 Å². The predicted molar refractivity (Wildman–Crippen MR) is 90.1 cm³/mol. The lowest BCUT2D eigenvalue weighted by molar-refractivity contribution is -0.137. The average molecular weight is 318 g/mol. The second kappa shape index (κ2) is 8.11. The van der Waals surface area contributed by atoms with Crippen LogP contribution in [0.3, 0.4) is 0 Å². The van der Waals surface area contributed by atoms with Gasteiger partial charge in [0.2, 0.25) is 0 Å². The number of rotatable bonds is 4. The second-order valence-corrected chi connectivity index (χ2v) is 6.54. The summed E-state index contributed by atoms with van der Waals surface area (Å²) < 4.78 is 0. The van der Waals surface area contributed by atoms with Crippen molar-refractivity contribution < 1.29 is 14.7 Å². The third kappa shape index (κ3) is 4.79. The highest BCUT2D eigenvalue weighted by Crippen LogP contribution is 2.24. The lowest BCUT2D eigenvalue weighted by Gasteiger charge is -2.30. The molecule has 0 spiro atoms. The van der Waals surface area contributed by atoms with Crippen molar-refractivity contribution in [3.05, 3.63) is 29.8 Å². The highest BCUT2D eigenvalue weighted by molar-refractivity contribution is 6.39. The van der Waals surface area contributed by atoms with Crippen LogP contribution in [0.4, 0.5) is 5.69 Å². The zero-order valence-electron chi connectivity index (χ0n) is 13.8. The molecule has 5 heteroatoms. The number of anilines is 1. The summed E-state index contributed by atoms with van der Waals surface area (Å²) in [5.74, 6) is -0.830. The van der Waals surface area contributed by atoms with Crippen LogP contribution in [0.1, 0.15) is 51.0 Å². The molecule has 0 heterocycles. The molecular weight excluding hydrogens is 292 g/mol. The number of benzene rings is 1. The molecule has 0 radical (unpaired) electrons. The summed E-state index contributed by atoms with van der Waals surface area (Å²) in [5, 5.41) is 14.7. The van der Waals surface area contributed by atoms with E-state index in [0.717, 1.165) is 25.7 Å². The summed E-state index contributed by atoms with van der Waals surface area (Å²) in [7, 11) is 0. The summed E-state index contributed by atoms with van der Waals surface area (Å²) in [6.45, 7) is 4.24. The maximum atomic E-state index is 12.0. The van der Waals surface area contributed by atoms with E-state index in [9.17, 15) is 14.7 Å². The first-order valence-electron chi connectivity index (χ1n) is 8.34. The van der Waals surface area contributed by atoms with Crippen LogP contribution in [0.15, 0.2) is 24.3 Å². The van der Waals surface area contributed by atoms with Gasteiger partial charge < -0.3 is 15.7 Å². The van der Waals surface area contributed by atoms with Crippen LogP contribution in [0, 0.1) is 5.92 Å². The molecule has 2 atom stereocenters. The molecule has 23 heavy (non-hydrogen) atoms. The molecule has 1 aromatic rings. The van der Waals surface area contributed by atoms with Crippen LogP contribution >= 0.6 is 0 Å². The zero-order chi connectivity index (χ0) is 16.8. The molecule has 0 aliphatic heterocycles. The Labute approximate surface area is 137 Å². The fourth-order valence-electron chi connectivity index (χ4n) is 2.99. The lowest BCUT2D eigenvalue weighted by Crippen LogP contribution is -2.47. The molecule has 1 fully saturated rings. The summed E-state index contributed by atoms with van der Waals surface area (Å²) >= 11 is 0. The van der Waals surface area contributed by atoms with Crippen molar-refractivity contribution >= 4 is 17.5 Å². The van der Waals surface area contributed by atoms with Gasteiger partial charge in [0.25, 0.3) is 0 Å². The molecule has 0 aromatic heterocycles. The standard InChI is InChI=1S/C18H26N2O3/c1-12(2)13-7-9-15(10-8-13)19-17(22)18(23)20-16-6-4-3-5-14(16)11-21/h7-10,12,14,16,21H,3-6,11H2,1-2H3,(H,19,22)(H,20,23). The van der Waals surface area contributed by atoms with Gasteiger partial charge in [-0.2, -0.15) is 0 Å². The molecule has 2 amide bonds. The molecule has 1 aliphatic rings. The van der Waals surface area contributed by atoms with Gasteiger partial charge in [-0.15, -0.1) is 0 Å². The summed E-state index contributed by atoms with van der Waals surface area (Å²) in [6, 6.07) is 7.38. The molecule has 0 bridgehead atoms. The topological polar surface area (TPSA) is 78.4 Å². The van der Waals surface area contributed by atoms with Crippen LogP contribution in [0.25, 0.3) is 0 Å². The number of carbonyl (C=O) groups excluding carboxylic acids is 2. The number of amides is 2. The van der Waals surface area contributed by atoms with Crippen molar-refractivity contribution in [3.8, 4) is 0 Å². The highest BCUT2D eigenvalue weighted by atomic mass is 16.3. The minimum atomic E-state index is -0.662. The van der Waals surface area contributed by atoms with E-state index in [1.165, 1.54) is 5.56 Å². The molecule has 3 N–H and O–H groups in total. The first-order valence-corrected chi connectivity index (χ1v) is 8.34. The fourth-order valence-corrected chi connectivity index (χ4v) is 2.99. The minimum absolute atomic E-state index is 0.0449. The van der Waals surface area contributed by atoms with E-state index in [1.54, 1.807) is 12.1 Å².